The van der Waals surface area contributed by atoms with Gasteiger partial charge in [-0.3, -0.25) is 9.59 Å². The Morgan fingerprint density at radius 1 is 0.375 bits per heavy atom. The molecule has 0 aliphatic rings. The highest BCUT2D eigenvalue weighted by molar-refractivity contribution is 5.76. The van der Waals surface area contributed by atoms with Gasteiger partial charge in [-0.25, -0.2) is 0 Å². The zero-order valence-electron chi connectivity index (χ0n) is 48.7. The summed E-state index contributed by atoms with van der Waals surface area (Å²) in [5.41, 5.74) is 0. The average Bonchev–Trinajstić information content (AvgIpc) is 3.38. The molecule has 0 saturated carbocycles. The maximum absolute atomic E-state index is 12.4. The molecule has 0 fully saturated rings. The van der Waals surface area contributed by atoms with Gasteiger partial charge < -0.3 is 20.3 Å². The third-order valence-corrected chi connectivity index (χ3v) is 15.2. The Hall–Kier alpha value is -1.66. The SMILES string of the molecule is CCCCCCCC/C=C\CCCCCCCCCC(=O)OCCCCCCCCCCCCCC/C=C\CCCCCCCCCCCCCCCC(=O)NC(CO)C(O)CCCCCCCCCCC. The number of aliphatic hydroxyl groups excluding tert-OH is 2. The summed E-state index contributed by atoms with van der Waals surface area (Å²) in [5, 5.41) is 23.1. The number of unbranched alkanes of at least 4 members (excludes halogenated alkanes) is 46. The van der Waals surface area contributed by atoms with Crippen molar-refractivity contribution in [2.24, 2.45) is 0 Å². The molecule has 0 aliphatic heterocycles. The average molecular weight is 1010 g/mol. The largest absolute Gasteiger partial charge is 0.466 e. The van der Waals surface area contributed by atoms with Gasteiger partial charge in [0.1, 0.15) is 0 Å². The van der Waals surface area contributed by atoms with Gasteiger partial charge in [-0.15, -0.1) is 0 Å². The molecule has 0 saturated heterocycles. The van der Waals surface area contributed by atoms with Crippen molar-refractivity contribution in [3.8, 4) is 0 Å². The van der Waals surface area contributed by atoms with Crippen LogP contribution in [0.15, 0.2) is 24.3 Å². The standard InChI is InChI=1S/C66H127NO5/c1-3-5-7-9-11-13-14-15-16-30-34-37-40-44-48-52-56-60-66(71)72-61-57-53-49-45-41-38-35-32-29-27-25-23-21-19-17-18-20-22-24-26-28-31-33-36-39-43-47-51-55-59-65(70)67-63(62-68)64(69)58-54-50-46-42-12-10-8-6-4-2/h15-17,19,63-64,68-69H,3-14,18,20-62H2,1-2H3,(H,67,70)/b16-15-,19-17-. The molecule has 0 aromatic rings. The molecule has 6 heteroatoms. The lowest BCUT2D eigenvalue weighted by Crippen LogP contribution is -2.45. The van der Waals surface area contributed by atoms with Crippen LogP contribution in [0.4, 0.5) is 0 Å². The predicted octanol–water partition coefficient (Wildman–Crippen LogP) is 20.6. The molecule has 0 aromatic carbocycles. The maximum Gasteiger partial charge on any atom is 0.305 e. The Labute approximate surface area is 450 Å². The fraction of sp³-hybridized carbons (Fsp3) is 0.909. The van der Waals surface area contributed by atoms with Gasteiger partial charge in [0, 0.05) is 12.8 Å². The smallest absolute Gasteiger partial charge is 0.305 e. The zero-order chi connectivity index (χ0) is 52.2. The van der Waals surface area contributed by atoms with Crippen LogP contribution >= 0.6 is 0 Å². The fourth-order valence-electron chi connectivity index (χ4n) is 10.2. The first-order valence-corrected chi connectivity index (χ1v) is 32.6. The van der Waals surface area contributed by atoms with Crippen LogP contribution in [0.1, 0.15) is 361 Å². The molecule has 0 aliphatic carbocycles. The Bertz CT molecular complexity index is 1120. The minimum absolute atomic E-state index is 0.0135. The van der Waals surface area contributed by atoms with Gasteiger partial charge in [-0.2, -0.15) is 0 Å². The van der Waals surface area contributed by atoms with E-state index in [1.165, 1.54) is 283 Å². The number of rotatable bonds is 61. The molecule has 2 atom stereocenters. The Morgan fingerprint density at radius 2 is 0.653 bits per heavy atom. The van der Waals surface area contributed by atoms with Gasteiger partial charge in [-0.05, 0) is 77.0 Å². The lowest BCUT2D eigenvalue weighted by Gasteiger charge is -2.22. The second kappa shape index (κ2) is 61.9. The van der Waals surface area contributed by atoms with Crippen LogP contribution in [0.25, 0.3) is 0 Å². The third kappa shape index (κ3) is 57.6. The highest BCUT2D eigenvalue weighted by Crippen LogP contribution is 2.18. The Kier molecular flexibility index (Phi) is 60.5. The van der Waals surface area contributed by atoms with Crippen molar-refractivity contribution < 1.29 is 24.5 Å². The van der Waals surface area contributed by atoms with Gasteiger partial charge in [0.15, 0.2) is 0 Å². The molecule has 0 heterocycles. The van der Waals surface area contributed by atoms with Crippen LogP contribution in [0.5, 0.6) is 0 Å². The van der Waals surface area contributed by atoms with Crippen molar-refractivity contribution in [2.45, 2.75) is 373 Å². The van der Waals surface area contributed by atoms with Crippen molar-refractivity contribution in [3.05, 3.63) is 24.3 Å². The molecule has 3 N–H and O–H groups in total. The Morgan fingerprint density at radius 3 is 0.986 bits per heavy atom. The summed E-state index contributed by atoms with van der Waals surface area (Å²) in [6, 6.07) is -0.538. The molecule has 6 nitrogen and oxygen atoms in total. The Balaban J connectivity index is 3.33. The van der Waals surface area contributed by atoms with Gasteiger partial charge in [0.05, 0.1) is 25.4 Å². The summed E-state index contributed by atoms with van der Waals surface area (Å²) >= 11 is 0. The van der Waals surface area contributed by atoms with Crippen LogP contribution in [-0.4, -0.2) is 47.4 Å². The maximum atomic E-state index is 12.4. The molecule has 2 unspecified atom stereocenters. The van der Waals surface area contributed by atoms with Crippen LogP contribution in [-0.2, 0) is 14.3 Å². The first-order chi connectivity index (χ1) is 35.5. The van der Waals surface area contributed by atoms with E-state index in [4.69, 9.17) is 4.74 Å². The number of hydrogen-bond donors (Lipinski definition) is 3. The highest BCUT2D eigenvalue weighted by Gasteiger charge is 2.20. The molecule has 426 valence electrons. The number of carbonyl (C=O) groups excluding carboxylic acids is 2. The number of carbonyl (C=O) groups is 2. The topological polar surface area (TPSA) is 95.9 Å². The number of nitrogens with one attached hydrogen (secondary N) is 1. The minimum Gasteiger partial charge on any atom is -0.466 e. The molecule has 0 spiro atoms. The van der Waals surface area contributed by atoms with Gasteiger partial charge in [-0.1, -0.05) is 295 Å². The number of hydrogen-bond acceptors (Lipinski definition) is 5. The predicted molar refractivity (Wildman–Crippen MR) is 315 cm³/mol. The van der Waals surface area contributed by atoms with E-state index in [2.05, 4.69) is 43.5 Å². The van der Waals surface area contributed by atoms with E-state index in [1.54, 1.807) is 0 Å². The molecule has 0 aromatic heterocycles. The van der Waals surface area contributed by atoms with Crippen LogP contribution in [0.2, 0.25) is 0 Å². The normalized spacial score (nSPS) is 12.7. The monoisotopic (exact) mass is 1010 g/mol. The van der Waals surface area contributed by atoms with Crippen molar-refractivity contribution in [3.63, 3.8) is 0 Å². The number of amides is 1. The number of ether oxygens (including phenoxy) is 1. The van der Waals surface area contributed by atoms with E-state index in [1.807, 2.05) is 0 Å². The van der Waals surface area contributed by atoms with Crippen LogP contribution < -0.4 is 5.32 Å². The van der Waals surface area contributed by atoms with E-state index < -0.39 is 12.1 Å². The molecular formula is C66H127NO5. The summed E-state index contributed by atoms with van der Waals surface area (Å²) in [5.74, 6) is -0.0219. The van der Waals surface area contributed by atoms with E-state index in [0.29, 0.717) is 25.9 Å². The summed E-state index contributed by atoms with van der Waals surface area (Å²) in [6.45, 7) is 4.95. The lowest BCUT2D eigenvalue weighted by molar-refractivity contribution is -0.143. The first-order valence-electron chi connectivity index (χ1n) is 32.6. The molecule has 0 radical (unpaired) electrons. The number of esters is 1. The quantitative estimate of drug-likeness (QED) is 0.0320. The summed E-state index contributed by atoms with van der Waals surface area (Å²) in [4.78, 5) is 24.5. The summed E-state index contributed by atoms with van der Waals surface area (Å²) < 4.78 is 5.50. The van der Waals surface area contributed by atoms with Crippen LogP contribution in [0, 0.1) is 0 Å². The summed E-state index contributed by atoms with van der Waals surface area (Å²) in [6.07, 6.45) is 76.5. The van der Waals surface area contributed by atoms with E-state index in [9.17, 15) is 19.8 Å². The minimum atomic E-state index is -0.661. The fourth-order valence-corrected chi connectivity index (χ4v) is 10.2. The highest BCUT2D eigenvalue weighted by atomic mass is 16.5. The van der Waals surface area contributed by atoms with E-state index >= 15 is 0 Å². The zero-order valence-corrected chi connectivity index (χ0v) is 48.7. The molecule has 0 bridgehead atoms. The molecule has 72 heavy (non-hydrogen) atoms. The van der Waals surface area contributed by atoms with Crippen LogP contribution in [0.3, 0.4) is 0 Å². The van der Waals surface area contributed by atoms with Crippen molar-refractivity contribution in [2.75, 3.05) is 13.2 Å². The van der Waals surface area contributed by atoms with Gasteiger partial charge in [0.25, 0.3) is 0 Å². The third-order valence-electron chi connectivity index (χ3n) is 15.2. The van der Waals surface area contributed by atoms with Crippen molar-refractivity contribution >= 4 is 11.9 Å². The second-order valence-electron chi connectivity index (χ2n) is 22.4. The summed E-state index contributed by atoms with van der Waals surface area (Å²) in [7, 11) is 0. The molecule has 1 amide bonds. The lowest BCUT2D eigenvalue weighted by atomic mass is 10.0. The molecular weight excluding hydrogens is 887 g/mol. The van der Waals surface area contributed by atoms with E-state index in [0.717, 1.165) is 44.9 Å². The van der Waals surface area contributed by atoms with Gasteiger partial charge in [0.2, 0.25) is 5.91 Å². The van der Waals surface area contributed by atoms with Gasteiger partial charge >= 0.3 is 5.97 Å². The van der Waals surface area contributed by atoms with Crippen molar-refractivity contribution in [1.82, 2.24) is 5.32 Å². The second-order valence-corrected chi connectivity index (χ2v) is 22.4. The van der Waals surface area contributed by atoms with Crippen molar-refractivity contribution in [1.29, 1.82) is 0 Å². The molecule has 0 rings (SSSR count). The first kappa shape index (κ1) is 70.3. The van der Waals surface area contributed by atoms with E-state index in [-0.39, 0.29) is 18.5 Å². The number of aliphatic hydroxyl groups is 2. The number of allylic oxidation sites excluding steroid dienone is 4.